The van der Waals surface area contributed by atoms with Crippen LogP contribution in [0.2, 0.25) is 0 Å². The Morgan fingerprint density at radius 1 is 1.00 bits per heavy atom. The van der Waals surface area contributed by atoms with E-state index in [2.05, 4.69) is 63.0 Å². The maximum absolute atomic E-state index is 12.4. The predicted octanol–water partition coefficient (Wildman–Crippen LogP) is 2.71. The molecular formula is C21H27N3OS. The van der Waals surface area contributed by atoms with Crippen LogP contribution in [0.5, 0.6) is 0 Å². The molecule has 0 bridgehead atoms. The predicted molar refractivity (Wildman–Crippen MR) is 106 cm³/mol. The average molecular weight is 370 g/mol. The van der Waals surface area contributed by atoms with E-state index in [0.29, 0.717) is 6.54 Å². The molecule has 2 heterocycles. The standard InChI is InChI=1S/C21H27N3OS/c25-20(22-17-21(8-9-21)18-5-2-1-3-6-18)16-24-12-10-23(11-13-24)15-19-7-4-14-26-19/h1-7,14H,8-13,15-17H2,(H,22,25). The molecule has 2 aliphatic rings. The van der Waals surface area contributed by atoms with Crippen LogP contribution in [0.3, 0.4) is 0 Å². The van der Waals surface area contributed by atoms with Crippen molar-refractivity contribution in [2.24, 2.45) is 0 Å². The molecule has 0 radical (unpaired) electrons. The molecule has 1 amide bonds. The zero-order chi connectivity index (χ0) is 17.8. The summed E-state index contributed by atoms with van der Waals surface area (Å²) in [6, 6.07) is 14.9. The largest absolute Gasteiger partial charge is 0.354 e. The fourth-order valence-electron chi connectivity index (χ4n) is 3.77. The van der Waals surface area contributed by atoms with Crippen LogP contribution in [-0.2, 0) is 16.8 Å². The number of hydrogen-bond acceptors (Lipinski definition) is 4. The first kappa shape index (κ1) is 17.7. The molecule has 1 N–H and O–H groups in total. The van der Waals surface area contributed by atoms with Gasteiger partial charge in [-0.05, 0) is 29.9 Å². The molecule has 0 unspecified atom stereocenters. The average Bonchev–Trinajstić information content (AvgIpc) is 3.30. The zero-order valence-electron chi connectivity index (χ0n) is 15.2. The van der Waals surface area contributed by atoms with Gasteiger partial charge in [-0.2, -0.15) is 0 Å². The summed E-state index contributed by atoms with van der Waals surface area (Å²) < 4.78 is 0. The lowest BCUT2D eigenvalue weighted by molar-refractivity contribution is -0.122. The lowest BCUT2D eigenvalue weighted by Gasteiger charge is -2.34. The minimum Gasteiger partial charge on any atom is -0.354 e. The first-order valence-corrected chi connectivity index (χ1v) is 10.4. The van der Waals surface area contributed by atoms with E-state index >= 15 is 0 Å². The van der Waals surface area contributed by atoms with Crippen LogP contribution < -0.4 is 5.32 Å². The molecule has 1 saturated carbocycles. The SMILES string of the molecule is O=C(CN1CCN(Cc2cccs2)CC1)NCC1(c2ccccc2)CC1. The lowest BCUT2D eigenvalue weighted by atomic mass is 9.96. The maximum atomic E-state index is 12.4. The van der Waals surface area contributed by atoms with Gasteiger partial charge in [0, 0.05) is 49.6 Å². The molecule has 0 atom stereocenters. The fraction of sp³-hybridized carbons (Fsp3) is 0.476. The van der Waals surface area contributed by atoms with E-state index < -0.39 is 0 Å². The highest BCUT2D eigenvalue weighted by Gasteiger charge is 2.44. The summed E-state index contributed by atoms with van der Waals surface area (Å²) in [6.45, 7) is 6.37. The van der Waals surface area contributed by atoms with Crippen LogP contribution in [0.4, 0.5) is 0 Å². The monoisotopic (exact) mass is 369 g/mol. The van der Waals surface area contributed by atoms with Gasteiger partial charge in [-0.1, -0.05) is 36.4 Å². The van der Waals surface area contributed by atoms with Crippen LogP contribution in [-0.4, -0.2) is 55.0 Å². The summed E-state index contributed by atoms with van der Waals surface area (Å²) in [7, 11) is 0. The van der Waals surface area contributed by atoms with Gasteiger partial charge in [-0.3, -0.25) is 14.6 Å². The number of carbonyl (C=O) groups excluding carboxylic acids is 1. The molecule has 1 aliphatic carbocycles. The van der Waals surface area contributed by atoms with Crippen LogP contribution in [0.15, 0.2) is 47.8 Å². The molecule has 26 heavy (non-hydrogen) atoms. The Kier molecular flexibility index (Phi) is 5.38. The Balaban J connectivity index is 1.19. The second-order valence-corrected chi connectivity index (χ2v) is 8.59. The van der Waals surface area contributed by atoms with Gasteiger partial charge in [0.25, 0.3) is 0 Å². The number of piperazine rings is 1. The van der Waals surface area contributed by atoms with Crippen molar-refractivity contribution in [2.75, 3.05) is 39.3 Å². The molecule has 1 aromatic heterocycles. The van der Waals surface area contributed by atoms with Crippen LogP contribution in [0, 0.1) is 0 Å². The van der Waals surface area contributed by atoms with Gasteiger partial charge >= 0.3 is 0 Å². The number of benzene rings is 1. The highest BCUT2D eigenvalue weighted by Crippen LogP contribution is 2.47. The van der Waals surface area contributed by atoms with Crippen molar-refractivity contribution in [3.8, 4) is 0 Å². The number of nitrogens with one attached hydrogen (secondary N) is 1. The summed E-state index contributed by atoms with van der Waals surface area (Å²) in [5.74, 6) is 0.166. The quantitative estimate of drug-likeness (QED) is 0.815. The summed E-state index contributed by atoms with van der Waals surface area (Å²) >= 11 is 1.82. The van der Waals surface area contributed by atoms with E-state index in [0.717, 1.165) is 39.3 Å². The van der Waals surface area contributed by atoms with Crippen molar-refractivity contribution in [3.05, 3.63) is 58.3 Å². The number of rotatable bonds is 7. The number of amides is 1. The molecule has 138 valence electrons. The van der Waals surface area contributed by atoms with Crippen molar-refractivity contribution >= 4 is 17.2 Å². The zero-order valence-corrected chi connectivity index (χ0v) is 16.0. The van der Waals surface area contributed by atoms with Crippen molar-refractivity contribution in [3.63, 3.8) is 0 Å². The van der Waals surface area contributed by atoms with Gasteiger partial charge in [-0.25, -0.2) is 0 Å². The fourth-order valence-corrected chi connectivity index (χ4v) is 4.51. The smallest absolute Gasteiger partial charge is 0.234 e. The third-order valence-corrected chi connectivity index (χ3v) is 6.52. The van der Waals surface area contributed by atoms with E-state index in [1.807, 2.05) is 11.3 Å². The third kappa shape index (κ3) is 4.34. The number of thiophene rings is 1. The summed E-state index contributed by atoms with van der Waals surface area (Å²) in [4.78, 5) is 18.6. The molecule has 5 heteroatoms. The third-order valence-electron chi connectivity index (χ3n) is 5.66. The topological polar surface area (TPSA) is 35.6 Å². The molecule has 1 saturated heterocycles. The second kappa shape index (κ2) is 7.91. The summed E-state index contributed by atoms with van der Waals surface area (Å²) in [6.07, 6.45) is 2.36. The minimum atomic E-state index is 0.166. The molecule has 2 fully saturated rings. The maximum Gasteiger partial charge on any atom is 0.234 e. The molecule has 1 aromatic carbocycles. The molecule has 4 nitrogen and oxygen atoms in total. The second-order valence-electron chi connectivity index (χ2n) is 7.55. The van der Waals surface area contributed by atoms with Crippen molar-refractivity contribution in [1.82, 2.24) is 15.1 Å². The first-order valence-electron chi connectivity index (χ1n) is 9.53. The van der Waals surface area contributed by atoms with Crippen molar-refractivity contribution in [1.29, 1.82) is 0 Å². The highest BCUT2D eigenvalue weighted by atomic mass is 32.1. The molecule has 1 aliphatic heterocycles. The molecule has 2 aromatic rings. The Morgan fingerprint density at radius 2 is 1.73 bits per heavy atom. The molecule has 0 spiro atoms. The Labute approximate surface area is 159 Å². The van der Waals surface area contributed by atoms with Crippen molar-refractivity contribution < 1.29 is 4.79 Å². The molecule has 4 rings (SSSR count). The van der Waals surface area contributed by atoms with Gasteiger partial charge in [0.1, 0.15) is 0 Å². The van der Waals surface area contributed by atoms with E-state index in [1.54, 1.807) is 0 Å². The van der Waals surface area contributed by atoms with Gasteiger partial charge in [0.05, 0.1) is 6.54 Å². The summed E-state index contributed by atoms with van der Waals surface area (Å²) in [5, 5.41) is 5.32. The molecular weight excluding hydrogens is 342 g/mol. The van der Waals surface area contributed by atoms with Crippen LogP contribution in [0.25, 0.3) is 0 Å². The van der Waals surface area contributed by atoms with Gasteiger partial charge in [-0.15, -0.1) is 11.3 Å². The van der Waals surface area contributed by atoms with Crippen LogP contribution >= 0.6 is 11.3 Å². The lowest BCUT2D eigenvalue weighted by Crippen LogP contribution is -2.49. The summed E-state index contributed by atoms with van der Waals surface area (Å²) in [5.41, 5.74) is 1.55. The minimum absolute atomic E-state index is 0.166. The van der Waals surface area contributed by atoms with E-state index in [9.17, 15) is 4.79 Å². The van der Waals surface area contributed by atoms with Gasteiger partial charge < -0.3 is 5.32 Å². The Bertz CT molecular complexity index is 704. The highest BCUT2D eigenvalue weighted by molar-refractivity contribution is 7.09. The van der Waals surface area contributed by atoms with E-state index in [4.69, 9.17) is 0 Å². The Hall–Kier alpha value is -1.69. The Morgan fingerprint density at radius 3 is 2.38 bits per heavy atom. The first-order chi connectivity index (χ1) is 12.7. The van der Waals surface area contributed by atoms with E-state index in [1.165, 1.54) is 23.3 Å². The van der Waals surface area contributed by atoms with Crippen LogP contribution in [0.1, 0.15) is 23.3 Å². The van der Waals surface area contributed by atoms with Crippen molar-refractivity contribution in [2.45, 2.75) is 24.8 Å². The number of carbonyl (C=O) groups is 1. The normalized spacial score (nSPS) is 20.0. The van der Waals surface area contributed by atoms with Gasteiger partial charge in [0.15, 0.2) is 0 Å². The number of nitrogens with zero attached hydrogens (tertiary/aromatic N) is 2. The van der Waals surface area contributed by atoms with E-state index in [-0.39, 0.29) is 11.3 Å². The number of hydrogen-bond donors (Lipinski definition) is 1. The van der Waals surface area contributed by atoms with Gasteiger partial charge in [0.2, 0.25) is 5.91 Å².